The van der Waals surface area contributed by atoms with Crippen LogP contribution in [0, 0.1) is 12.3 Å². The summed E-state index contributed by atoms with van der Waals surface area (Å²) in [4.78, 5) is 15.5. The van der Waals surface area contributed by atoms with Gasteiger partial charge in [0.25, 0.3) is 5.91 Å². The smallest absolute Gasteiger partial charge is 0.258 e. The molecule has 18 heavy (non-hydrogen) atoms. The minimum Gasteiger partial charge on any atom is -0.484 e. The Hall–Kier alpha value is -2.54. The summed E-state index contributed by atoms with van der Waals surface area (Å²) in [6, 6.07) is 9.33. The molecule has 4 nitrogen and oxygen atoms in total. The van der Waals surface area contributed by atoms with Crippen molar-refractivity contribution >= 4 is 16.8 Å². The van der Waals surface area contributed by atoms with Gasteiger partial charge in [-0.15, -0.1) is 6.42 Å². The van der Waals surface area contributed by atoms with Crippen molar-refractivity contribution in [3.63, 3.8) is 0 Å². The molecule has 1 aromatic heterocycles. The topological polar surface area (TPSA) is 51.2 Å². The molecule has 0 atom stereocenters. The van der Waals surface area contributed by atoms with E-state index in [1.165, 1.54) is 0 Å². The van der Waals surface area contributed by atoms with E-state index in [1.807, 2.05) is 18.2 Å². The first-order chi connectivity index (χ1) is 8.79. The molecule has 4 heteroatoms. The summed E-state index contributed by atoms with van der Waals surface area (Å²) in [7, 11) is 0. The minimum absolute atomic E-state index is 0.0555. The monoisotopic (exact) mass is 240 g/mol. The van der Waals surface area contributed by atoms with Crippen molar-refractivity contribution in [2.24, 2.45) is 0 Å². The highest BCUT2D eigenvalue weighted by atomic mass is 16.5. The second kappa shape index (κ2) is 5.69. The van der Waals surface area contributed by atoms with E-state index in [2.05, 4.69) is 16.2 Å². The molecule has 0 radical (unpaired) electrons. The third-order valence-corrected chi connectivity index (χ3v) is 2.33. The van der Waals surface area contributed by atoms with Gasteiger partial charge >= 0.3 is 0 Å². The van der Waals surface area contributed by atoms with E-state index >= 15 is 0 Å². The maximum absolute atomic E-state index is 11.3. The van der Waals surface area contributed by atoms with Crippen molar-refractivity contribution in [2.75, 3.05) is 13.2 Å². The first kappa shape index (κ1) is 11.9. The zero-order chi connectivity index (χ0) is 12.8. The van der Waals surface area contributed by atoms with Gasteiger partial charge in [0.15, 0.2) is 6.61 Å². The van der Waals surface area contributed by atoms with Crippen LogP contribution in [0.25, 0.3) is 10.9 Å². The second-order valence-corrected chi connectivity index (χ2v) is 3.63. The van der Waals surface area contributed by atoms with E-state index in [0.29, 0.717) is 5.75 Å². The molecule has 0 saturated carbocycles. The number of hydrogen-bond acceptors (Lipinski definition) is 3. The van der Waals surface area contributed by atoms with Gasteiger partial charge in [-0.1, -0.05) is 12.0 Å². The van der Waals surface area contributed by atoms with Gasteiger partial charge in [-0.25, -0.2) is 0 Å². The highest BCUT2D eigenvalue weighted by Gasteiger charge is 2.02. The number of hydrogen-bond donors (Lipinski definition) is 1. The van der Waals surface area contributed by atoms with Crippen molar-refractivity contribution in [1.29, 1.82) is 0 Å². The minimum atomic E-state index is -0.242. The normalized spacial score (nSPS) is 9.72. The Balaban J connectivity index is 2.00. The zero-order valence-electron chi connectivity index (χ0n) is 9.72. The van der Waals surface area contributed by atoms with E-state index in [9.17, 15) is 4.79 Å². The van der Waals surface area contributed by atoms with Crippen LogP contribution >= 0.6 is 0 Å². The van der Waals surface area contributed by atoms with Gasteiger partial charge in [-0.2, -0.15) is 0 Å². The van der Waals surface area contributed by atoms with E-state index in [1.54, 1.807) is 18.3 Å². The standard InChI is InChI=1S/C14H12N2O2/c1-2-7-16-14(17)10-18-12-6-5-11-4-3-8-15-13(11)9-12/h1,3-6,8-9H,7,10H2,(H,16,17). The quantitative estimate of drug-likeness (QED) is 0.821. The fraction of sp³-hybridized carbons (Fsp3) is 0.143. The van der Waals surface area contributed by atoms with Gasteiger partial charge in [0, 0.05) is 17.6 Å². The number of ether oxygens (including phenoxy) is 1. The molecule has 1 heterocycles. The van der Waals surface area contributed by atoms with Gasteiger partial charge in [0.05, 0.1) is 12.1 Å². The number of nitrogens with one attached hydrogen (secondary N) is 1. The Kier molecular flexibility index (Phi) is 3.77. The van der Waals surface area contributed by atoms with Crippen molar-refractivity contribution in [1.82, 2.24) is 10.3 Å². The summed E-state index contributed by atoms with van der Waals surface area (Å²) in [6.45, 7) is 0.154. The highest BCUT2D eigenvalue weighted by molar-refractivity contribution is 5.80. The van der Waals surface area contributed by atoms with Crippen molar-refractivity contribution in [2.45, 2.75) is 0 Å². The summed E-state index contributed by atoms with van der Waals surface area (Å²) < 4.78 is 5.35. The van der Waals surface area contributed by atoms with Gasteiger partial charge in [0.2, 0.25) is 0 Å². The summed E-state index contributed by atoms with van der Waals surface area (Å²) in [5.41, 5.74) is 0.832. The number of carbonyl (C=O) groups excluding carboxylic acids is 1. The van der Waals surface area contributed by atoms with Gasteiger partial charge in [0.1, 0.15) is 5.75 Å². The largest absolute Gasteiger partial charge is 0.484 e. The number of benzene rings is 1. The number of fused-ring (bicyclic) bond motifs is 1. The lowest BCUT2D eigenvalue weighted by molar-refractivity contribution is -0.122. The highest BCUT2D eigenvalue weighted by Crippen LogP contribution is 2.18. The fourth-order valence-corrected chi connectivity index (χ4v) is 1.49. The van der Waals surface area contributed by atoms with Crippen molar-refractivity contribution < 1.29 is 9.53 Å². The molecule has 0 unspecified atom stereocenters. The van der Waals surface area contributed by atoms with Crippen LogP contribution in [0.4, 0.5) is 0 Å². The number of amides is 1. The lowest BCUT2D eigenvalue weighted by atomic mass is 10.2. The average molecular weight is 240 g/mol. The number of rotatable bonds is 4. The molecule has 2 rings (SSSR count). The zero-order valence-corrected chi connectivity index (χ0v) is 9.72. The number of carbonyl (C=O) groups is 1. The van der Waals surface area contributed by atoms with Crippen molar-refractivity contribution in [3.8, 4) is 18.1 Å². The first-order valence-electron chi connectivity index (χ1n) is 5.47. The predicted octanol–water partition coefficient (Wildman–Crippen LogP) is 1.36. The summed E-state index contributed by atoms with van der Waals surface area (Å²) in [5.74, 6) is 2.69. The SMILES string of the molecule is C#CCNC(=O)COc1ccc2cccnc2c1. The van der Waals surface area contributed by atoms with E-state index in [0.717, 1.165) is 10.9 Å². The first-order valence-corrected chi connectivity index (χ1v) is 5.47. The molecule has 0 bridgehead atoms. The third-order valence-electron chi connectivity index (χ3n) is 2.33. The average Bonchev–Trinajstić information content (AvgIpc) is 2.42. The maximum Gasteiger partial charge on any atom is 0.258 e. The van der Waals surface area contributed by atoms with E-state index in [4.69, 9.17) is 11.2 Å². The Bertz CT molecular complexity index is 602. The molecule has 1 aromatic carbocycles. The molecular formula is C14H12N2O2. The van der Waals surface area contributed by atoms with Crippen LogP contribution in [0.3, 0.4) is 0 Å². The molecule has 0 spiro atoms. The molecule has 90 valence electrons. The van der Waals surface area contributed by atoms with Crippen LogP contribution in [0.1, 0.15) is 0 Å². The van der Waals surface area contributed by atoms with Crippen LogP contribution < -0.4 is 10.1 Å². The Morgan fingerprint density at radius 3 is 3.17 bits per heavy atom. The molecule has 0 aliphatic heterocycles. The van der Waals surface area contributed by atoms with Gasteiger partial charge < -0.3 is 10.1 Å². The molecule has 1 amide bonds. The van der Waals surface area contributed by atoms with Crippen LogP contribution in [0.5, 0.6) is 5.75 Å². The third kappa shape index (κ3) is 2.98. The fourth-order valence-electron chi connectivity index (χ4n) is 1.49. The summed E-state index contributed by atoms with van der Waals surface area (Å²) in [5, 5.41) is 3.55. The second-order valence-electron chi connectivity index (χ2n) is 3.63. The molecular weight excluding hydrogens is 228 g/mol. The Morgan fingerprint density at radius 1 is 1.44 bits per heavy atom. The number of aromatic nitrogens is 1. The Labute approximate surface area is 105 Å². The maximum atomic E-state index is 11.3. The summed E-state index contributed by atoms with van der Waals surface area (Å²) >= 11 is 0. The molecule has 0 aliphatic rings. The van der Waals surface area contributed by atoms with E-state index in [-0.39, 0.29) is 19.1 Å². The summed E-state index contributed by atoms with van der Waals surface area (Å²) in [6.07, 6.45) is 6.75. The van der Waals surface area contributed by atoms with Crippen LogP contribution in [-0.4, -0.2) is 24.0 Å². The van der Waals surface area contributed by atoms with Crippen molar-refractivity contribution in [3.05, 3.63) is 36.5 Å². The number of pyridine rings is 1. The Morgan fingerprint density at radius 2 is 2.33 bits per heavy atom. The molecule has 0 saturated heterocycles. The lowest BCUT2D eigenvalue weighted by Gasteiger charge is -2.06. The van der Waals surface area contributed by atoms with Gasteiger partial charge in [-0.05, 0) is 18.2 Å². The number of nitrogens with zero attached hydrogens (tertiary/aromatic N) is 1. The molecule has 0 fully saturated rings. The molecule has 0 aliphatic carbocycles. The van der Waals surface area contributed by atoms with Gasteiger partial charge in [-0.3, -0.25) is 9.78 Å². The molecule has 1 N–H and O–H groups in total. The van der Waals surface area contributed by atoms with Crippen LogP contribution in [0.2, 0.25) is 0 Å². The number of terminal acetylenes is 1. The molecule has 2 aromatic rings. The van der Waals surface area contributed by atoms with E-state index < -0.39 is 0 Å². The van der Waals surface area contributed by atoms with Crippen LogP contribution in [-0.2, 0) is 4.79 Å². The van der Waals surface area contributed by atoms with Crippen LogP contribution in [0.15, 0.2) is 36.5 Å². The lowest BCUT2D eigenvalue weighted by Crippen LogP contribution is -2.28. The predicted molar refractivity (Wildman–Crippen MR) is 69.1 cm³/mol.